The highest BCUT2D eigenvalue weighted by Crippen LogP contribution is 2.33. The zero-order valence-corrected chi connectivity index (χ0v) is 12.7. The summed E-state index contributed by atoms with van der Waals surface area (Å²) in [6.45, 7) is 8.96. The van der Waals surface area contributed by atoms with Gasteiger partial charge in [-0.2, -0.15) is 0 Å². The molecule has 0 radical (unpaired) electrons. The minimum absolute atomic E-state index is 0.0441. The predicted octanol–water partition coefficient (Wildman–Crippen LogP) is 3.77. The monoisotopic (exact) mass is 263 g/mol. The highest BCUT2D eigenvalue weighted by atomic mass is 16.5. The zero-order chi connectivity index (χ0) is 14.5. The maximum Gasteiger partial charge on any atom is 0.129 e. The van der Waals surface area contributed by atoms with Crippen LogP contribution in [0, 0.1) is 0 Å². The van der Waals surface area contributed by atoms with E-state index >= 15 is 0 Å². The average molecular weight is 263 g/mol. The van der Waals surface area contributed by atoms with Crippen molar-refractivity contribution in [2.75, 3.05) is 19.0 Å². The fourth-order valence-electron chi connectivity index (χ4n) is 1.97. The fraction of sp³-hybridized carbons (Fsp3) is 0.562. The Kier molecular flexibility index (Phi) is 5.40. The molecule has 1 rings (SSSR count). The molecule has 106 valence electrons. The van der Waals surface area contributed by atoms with E-state index < -0.39 is 0 Å². The number of carbonyl (C=O) groups is 1. The number of hydrogen-bond donors (Lipinski definition) is 1. The van der Waals surface area contributed by atoms with Crippen molar-refractivity contribution in [1.82, 2.24) is 0 Å². The fourth-order valence-corrected chi connectivity index (χ4v) is 1.97. The van der Waals surface area contributed by atoms with E-state index in [0.717, 1.165) is 24.4 Å². The topological polar surface area (TPSA) is 38.3 Å². The Labute approximate surface area is 116 Å². The SMILES string of the molecule is COc1ccc(NCCCC(C)=O)cc1C(C)(C)C. The maximum atomic E-state index is 10.9. The Bertz CT molecular complexity index is 433. The Morgan fingerprint density at radius 1 is 1.32 bits per heavy atom. The molecule has 0 amide bonds. The van der Waals surface area contributed by atoms with E-state index in [2.05, 4.69) is 32.2 Å². The molecule has 3 heteroatoms. The number of ketones is 1. The van der Waals surface area contributed by atoms with Crippen LogP contribution in [0.2, 0.25) is 0 Å². The van der Waals surface area contributed by atoms with Crippen molar-refractivity contribution in [3.8, 4) is 5.75 Å². The maximum absolute atomic E-state index is 10.9. The van der Waals surface area contributed by atoms with Crippen LogP contribution in [-0.2, 0) is 10.2 Å². The molecule has 0 spiro atoms. The molecular weight excluding hydrogens is 238 g/mol. The molecular formula is C16H25NO2. The highest BCUT2D eigenvalue weighted by molar-refractivity contribution is 5.75. The van der Waals surface area contributed by atoms with Crippen molar-refractivity contribution in [2.45, 2.75) is 46.0 Å². The van der Waals surface area contributed by atoms with Crippen LogP contribution in [0.3, 0.4) is 0 Å². The third kappa shape index (κ3) is 4.93. The van der Waals surface area contributed by atoms with Gasteiger partial charge >= 0.3 is 0 Å². The number of hydrogen-bond acceptors (Lipinski definition) is 3. The first-order chi connectivity index (χ1) is 8.84. The molecule has 0 aliphatic carbocycles. The summed E-state index contributed by atoms with van der Waals surface area (Å²) in [5.74, 6) is 1.16. The molecule has 0 heterocycles. The molecule has 0 fully saturated rings. The molecule has 1 aromatic carbocycles. The van der Waals surface area contributed by atoms with Crippen LogP contribution in [0.25, 0.3) is 0 Å². The van der Waals surface area contributed by atoms with Gasteiger partial charge in [-0.15, -0.1) is 0 Å². The van der Waals surface area contributed by atoms with Crippen LogP contribution < -0.4 is 10.1 Å². The Morgan fingerprint density at radius 3 is 2.53 bits per heavy atom. The summed E-state index contributed by atoms with van der Waals surface area (Å²) >= 11 is 0. The Balaban J connectivity index is 2.73. The van der Waals surface area contributed by atoms with E-state index in [1.807, 2.05) is 12.1 Å². The van der Waals surface area contributed by atoms with Gasteiger partial charge in [-0.1, -0.05) is 20.8 Å². The van der Waals surface area contributed by atoms with Crippen LogP contribution >= 0.6 is 0 Å². The molecule has 0 aliphatic heterocycles. The molecule has 0 unspecified atom stereocenters. The second kappa shape index (κ2) is 6.60. The summed E-state index contributed by atoms with van der Waals surface area (Å²) in [6, 6.07) is 6.14. The van der Waals surface area contributed by atoms with Gasteiger partial charge in [-0.25, -0.2) is 0 Å². The lowest BCUT2D eigenvalue weighted by molar-refractivity contribution is -0.117. The molecule has 1 aromatic rings. The second-order valence-electron chi connectivity index (χ2n) is 5.90. The van der Waals surface area contributed by atoms with E-state index in [0.29, 0.717) is 6.42 Å². The average Bonchev–Trinajstić information content (AvgIpc) is 2.33. The van der Waals surface area contributed by atoms with Crippen LogP contribution in [0.5, 0.6) is 5.75 Å². The number of Topliss-reactive ketones (excluding diaryl/α,β-unsaturated/α-hetero) is 1. The van der Waals surface area contributed by atoms with Crippen LogP contribution in [0.1, 0.15) is 46.1 Å². The van der Waals surface area contributed by atoms with Gasteiger partial charge in [0, 0.05) is 24.2 Å². The molecule has 0 aliphatic rings. The van der Waals surface area contributed by atoms with E-state index in [1.54, 1.807) is 14.0 Å². The summed E-state index contributed by atoms with van der Waals surface area (Å²) < 4.78 is 5.41. The highest BCUT2D eigenvalue weighted by Gasteiger charge is 2.19. The molecule has 1 N–H and O–H groups in total. The van der Waals surface area contributed by atoms with Gasteiger partial charge in [0.2, 0.25) is 0 Å². The lowest BCUT2D eigenvalue weighted by Crippen LogP contribution is -2.13. The van der Waals surface area contributed by atoms with Gasteiger partial charge in [-0.05, 0) is 37.0 Å². The predicted molar refractivity (Wildman–Crippen MR) is 80.1 cm³/mol. The zero-order valence-electron chi connectivity index (χ0n) is 12.7. The van der Waals surface area contributed by atoms with Crippen molar-refractivity contribution in [3.05, 3.63) is 23.8 Å². The normalized spacial score (nSPS) is 11.2. The van der Waals surface area contributed by atoms with E-state index in [1.165, 1.54) is 5.56 Å². The quantitative estimate of drug-likeness (QED) is 0.794. The first-order valence-corrected chi connectivity index (χ1v) is 6.76. The van der Waals surface area contributed by atoms with Gasteiger partial charge in [0.25, 0.3) is 0 Å². The minimum Gasteiger partial charge on any atom is -0.496 e. The van der Waals surface area contributed by atoms with Crippen LogP contribution in [-0.4, -0.2) is 19.4 Å². The molecule has 19 heavy (non-hydrogen) atoms. The number of anilines is 1. The number of benzene rings is 1. The smallest absolute Gasteiger partial charge is 0.129 e. The third-order valence-corrected chi connectivity index (χ3v) is 3.04. The van der Waals surface area contributed by atoms with Gasteiger partial charge in [0.15, 0.2) is 0 Å². The van der Waals surface area contributed by atoms with Crippen molar-refractivity contribution in [1.29, 1.82) is 0 Å². The Hall–Kier alpha value is -1.51. The summed E-state index contributed by atoms with van der Waals surface area (Å²) in [5, 5.41) is 3.36. The van der Waals surface area contributed by atoms with Gasteiger partial charge in [0.05, 0.1) is 7.11 Å². The summed E-state index contributed by atoms with van der Waals surface area (Å²) in [6.07, 6.45) is 1.50. The first kappa shape index (κ1) is 15.5. The molecule has 0 saturated heterocycles. The van der Waals surface area contributed by atoms with Gasteiger partial charge in [0.1, 0.15) is 11.5 Å². The second-order valence-corrected chi connectivity index (χ2v) is 5.90. The Morgan fingerprint density at radius 2 is 2.00 bits per heavy atom. The first-order valence-electron chi connectivity index (χ1n) is 6.76. The van der Waals surface area contributed by atoms with E-state index in [-0.39, 0.29) is 11.2 Å². The van der Waals surface area contributed by atoms with Gasteiger partial charge < -0.3 is 14.8 Å². The molecule has 0 aromatic heterocycles. The lowest BCUT2D eigenvalue weighted by atomic mass is 9.86. The third-order valence-electron chi connectivity index (χ3n) is 3.04. The largest absolute Gasteiger partial charge is 0.496 e. The number of ether oxygens (including phenoxy) is 1. The number of nitrogens with one attached hydrogen (secondary N) is 1. The number of rotatable bonds is 6. The van der Waals surface area contributed by atoms with Crippen LogP contribution in [0.4, 0.5) is 5.69 Å². The standard InChI is InChI=1S/C16H25NO2/c1-12(18)7-6-10-17-13-8-9-15(19-5)14(11-13)16(2,3)4/h8-9,11,17H,6-7,10H2,1-5H3. The van der Waals surface area contributed by atoms with E-state index in [9.17, 15) is 4.79 Å². The van der Waals surface area contributed by atoms with Crippen LogP contribution in [0.15, 0.2) is 18.2 Å². The minimum atomic E-state index is 0.0441. The van der Waals surface area contributed by atoms with Crippen molar-refractivity contribution in [3.63, 3.8) is 0 Å². The van der Waals surface area contributed by atoms with Crippen molar-refractivity contribution < 1.29 is 9.53 Å². The van der Waals surface area contributed by atoms with Gasteiger partial charge in [-0.3, -0.25) is 0 Å². The van der Waals surface area contributed by atoms with Crippen molar-refractivity contribution >= 4 is 11.5 Å². The summed E-state index contributed by atoms with van der Waals surface area (Å²) in [5.41, 5.74) is 2.31. The summed E-state index contributed by atoms with van der Waals surface area (Å²) in [4.78, 5) is 10.9. The lowest BCUT2D eigenvalue weighted by Gasteiger charge is -2.23. The molecule has 0 saturated carbocycles. The van der Waals surface area contributed by atoms with Crippen molar-refractivity contribution in [2.24, 2.45) is 0 Å². The molecule has 0 atom stereocenters. The molecule has 0 bridgehead atoms. The molecule has 3 nitrogen and oxygen atoms in total. The van der Waals surface area contributed by atoms with E-state index in [4.69, 9.17) is 4.74 Å². The number of methoxy groups -OCH3 is 1. The number of carbonyl (C=O) groups excluding carboxylic acids is 1. The summed E-state index contributed by atoms with van der Waals surface area (Å²) in [7, 11) is 1.70.